The second-order valence-electron chi connectivity index (χ2n) is 8.02. The van der Waals surface area contributed by atoms with Crippen LogP contribution in [-0.2, 0) is 52.9 Å². The maximum absolute atomic E-state index is 12.7. The highest BCUT2D eigenvalue weighted by molar-refractivity contribution is 7.90. The van der Waals surface area contributed by atoms with Crippen LogP contribution in [0.2, 0.25) is 0 Å². The van der Waals surface area contributed by atoms with Crippen molar-refractivity contribution in [2.45, 2.75) is 70.2 Å². The molecule has 2 rings (SSSR count). The highest BCUT2D eigenvalue weighted by Gasteiger charge is 2.52. The zero-order valence-electron chi connectivity index (χ0n) is 20.7. The molecule has 0 radical (unpaired) electrons. The van der Waals surface area contributed by atoms with E-state index in [2.05, 4.69) is 5.32 Å². The van der Waals surface area contributed by atoms with Crippen LogP contribution in [0.15, 0.2) is 29.2 Å². The molecule has 1 fully saturated rings. The minimum Gasteiger partial charge on any atom is -0.463 e. The fourth-order valence-corrected chi connectivity index (χ4v) is 4.31. The lowest BCUT2D eigenvalue weighted by Gasteiger charge is -2.44. The maximum atomic E-state index is 12.7. The second-order valence-corrected chi connectivity index (χ2v) is 9.70. The Labute approximate surface area is 213 Å². The van der Waals surface area contributed by atoms with Crippen molar-refractivity contribution in [1.82, 2.24) is 10.0 Å². The van der Waals surface area contributed by atoms with E-state index < -0.39 is 77.2 Å². The summed E-state index contributed by atoms with van der Waals surface area (Å²) in [6.07, 6.45) is -5.96. The smallest absolute Gasteiger partial charge is 0.329 e. The van der Waals surface area contributed by atoms with Crippen LogP contribution < -0.4 is 10.0 Å². The molecular formula is C22H28N2O12S. The molecule has 1 aliphatic heterocycles. The number of urea groups is 1. The Bertz CT molecular complexity index is 1130. The van der Waals surface area contributed by atoms with Crippen molar-refractivity contribution < 1.29 is 56.1 Å². The first kappa shape index (κ1) is 29.5. The van der Waals surface area contributed by atoms with E-state index >= 15 is 0 Å². The summed E-state index contributed by atoms with van der Waals surface area (Å²) in [7, 11) is -4.33. The molecule has 15 heteroatoms. The van der Waals surface area contributed by atoms with E-state index in [0.29, 0.717) is 0 Å². The molecule has 2 amide bonds. The molecule has 0 spiro atoms. The van der Waals surface area contributed by atoms with Gasteiger partial charge in [-0.1, -0.05) is 17.7 Å². The molecule has 0 saturated carbocycles. The van der Waals surface area contributed by atoms with Gasteiger partial charge in [0.25, 0.3) is 10.0 Å². The third-order valence-corrected chi connectivity index (χ3v) is 6.19. The Morgan fingerprint density at radius 1 is 0.838 bits per heavy atom. The van der Waals surface area contributed by atoms with Crippen LogP contribution in [0.5, 0.6) is 0 Å². The largest absolute Gasteiger partial charge is 0.463 e. The molecule has 1 aliphatic rings. The molecule has 2 N–H and O–H groups in total. The highest BCUT2D eigenvalue weighted by Crippen LogP contribution is 2.28. The van der Waals surface area contributed by atoms with Crippen LogP contribution in [0.1, 0.15) is 33.3 Å². The topological polar surface area (TPSA) is 190 Å². The van der Waals surface area contributed by atoms with E-state index in [-0.39, 0.29) is 4.90 Å². The van der Waals surface area contributed by atoms with Crippen LogP contribution >= 0.6 is 0 Å². The summed E-state index contributed by atoms with van der Waals surface area (Å²) in [5.41, 5.74) is 0.788. The maximum Gasteiger partial charge on any atom is 0.329 e. The van der Waals surface area contributed by atoms with E-state index in [0.717, 1.165) is 33.3 Å². The van der Waals surface area contributed by atoms with Gasteiger partial charge in [-0.15, -0.1) is 0 Å². The average Bonchev–Trinajstić information content (AvgIpc) is 2.75. The second kappa shape index (κ2) is 12.5. The summed E-state index contributed by atoms with van der Waals surface area (Å²) in [5, 5.41) is 2.25. The van der Waals surface area contributed by atoms with E-state index in [1.807, 2.05) is 0 Å². The third-order valence-electron chi connectivity index (χ3n) is 4.84. The molecule has 1 aromatic rings. The standard InChI is InChI=1S/C22H28N2O12S/c1-11-6-8-16(9-7-11)37(30,31)24-22(29)23-18-20(34-14(4)27)19(33-13(3)26)17(10-32-12(2)25)36-21(18)35-15(5)28/h6-9,17-21H,10H2,1-5H3,(H2,23,24,29)/t17-,18-,19-,20-,21?/m1/s1. The molecule has 0 aliphatic carbocycles. The van der Waals surface area contributed by atoms with Crippen molar-refractivity contribution in [2.75, 3.05) is 6.61 Å². The number of sulfonamides is 1. The molecule has 0 aromatic heterocycles. The molecule has 5 atom stereocenters. The van der Waals surface area contributed by atoms with Gasteiger partial charge in [-0.25, -0.2) is 17.9 Å². The third kappa shape index (κ3) is 8.71. The van der Waals surface area contributed by atoms with Crippen LogP contribution in [-0.4, -0.2) is 75.6 Å². The predicted octanol–water partition coefficient (Wildman–Crippen LogP) is 0.0660. The molecule has 1 saturated heterocycles. The van der Waals surface area contributed by atoms with E-state index in [4.69, 9.17) is 23.7 Å². The summed E-state index contributed by atoms with van der Waals surface area (Å²) in [5.74, 6) is -3.30. The predicted molar refractivity (Wildman–Crippen MR) is 122 cm³/mol. The van der Waals surface area contributed by atoms with E-state index in [9.17, 15) is 32.4 Å². The first-order chi connectivity index (χ1) is 17.2. The van der Waals surface area contributed by atoms with Crippen molar-refractivity contribution in [3.05, 3.63) is 29.8 Å². The highest BCUT2D eigenvalue weighted by atomic mass is 32.2. The van der Waals surface area contributed by atoms with Gasteiger partial charge in [-0.2, -0.15) is 0 Å². The fraction of sp³-hybridized carbons (Fsp3) is 0.500. The SMILES string of the molecule is CC(=O)OC[C@H]1OC(OC(C)=O)[C@H](NC(=O)NS(=O)(=O)c2ccc(C)cc2)[C@@H](OC(C)=O)[C@@H]1OC(C)=O. The zero-order valence-corrected chi connectivity index (χ0v) is 21.5. The van der Waals surface area contributed by atoms with Gasteiger partial charge in [0.05, 0.1) is 4.90 Å². The summed E-state index contributed by atoms with van der Waals surface area (Å²) >= 11 is 0. The number of nitrogens with one attached hydrogen (secondary N) is 2. The zero-order chi connectivity index (χ0) is 27.9. The molecule has 14 nitrogen and oxygen atoms in total. The fourth-order valence-electron chi connectivity index (χ4n) is 3.40. The van der Waals surface area contributed by atoms with Crippen molar-refractivity contribution in [3.8, 4) is 0 Å². The van der Waals surface area contributed by atoms with Crippen LogP contribution in [0, 0.1) is 6.92 Å². The van der Waals surface area contributed by atoms with Crippen LogP contribution in [0.3, 0.4) is 0 Å². The van der Waals surface area contributed by atoms with Crippen molar-refractivity contribution in [2.24, 2.45) is 0 Å². The number of aryl methyl sites for hydroxylation is 1. The number of amides is 2. The quantitative estimate of drug-likeness (QED) is 0.331. The van der Waals surface area contributed by atoms with Crippen molar-refractivity contribution in [1.29, 1.82) is 0 Å². The Hall–Kier alpha value is -3.72. The number of ether oxygens (including phenoxy) is 5. The summed E-state index contributed by atoms with van der Waals surface area (Å²) in [6, 6.07) is 2.79. The summed E-state index contributed by atoms with van der Waals surface area (Å²) < 4.78 is 53.2. The van der Waals surface area contributed by atoms with Gasteiger partial charge in [-0.05, 0) is 19.1 Å². The van der Waals surface area contributed by atoms with Gasteiger partial charge >= 0.3 is 29.9 Å². The van der Waals surface area contributed by atoms with E-state index in [1.165, 1.54) is 24.3 Å². The Kier molecular flexibility index (Phi) is 9.96. The number of esters is 4. The monoisotopic (exact) mass is 544 g/mol. The molecule has 1 unspecified atom stereocenters. The lowest BCUT2D eigenvalue weighted by molar-refractivity contribution is -0.270. The number of carbonyl (C=O) groups excluding carboxylic acids is 5. The van der Waals surface area contributed by atoms with Crippen molar-refractivity contribution >= 4 is 39.9 Å². The normalized spacial score (nSPS) is 23.2. The molecule has 204 valence electrons. The molecule has 1 heterocycles. The molecule has 0 bridgehead atoms. The molecule has 1 aromatic carbocycles. The minimum atomic E-state index is -4.33. The first-order valence-corrected chi connectivity index (χ1v) is 12.4. The lowest BCUT2D eigenvalue weighted by Crippen LogP contribution is -2.67. The number of benzene rings is 1. The minimum absolute atomic E-state index is 0.208. The van der Waals surface area contributed by atoms with Gasteiger partial charge in [0.1, 0.15) is 18.8 Å². The van der Waals surface area contributed by atoms with Gasteiger partial charge in [0.15, 0.2) is 12.2 Å². The molecule has 37 heavy (non-hydrogen) atoms. The van der Waals surface area contributed by atoms with Crippen molar-refractivity contribution in [3.63, 3.8) is 0 Å². The number of hydrogen-bond acceptors (Lipinski definition) is 12. The van der Waals surface area contributed by atoms with Gasteiger partial charge < -0.3 is 29.0 Å². The lowest BCUT2D eigenvalue weighted by atomic mass is 9.96. The molecular weight excluding hydrogens is 516 g/mol. The summed E-state index contributed by atoms with van der Waals surface area (Å²) in [4.78, 5) is 59.3. The average molecular weight is 545 g/mol. The number of carbonyl (C=O) groups is 5. The Balaban J connectivity index is 2.40. The van der Waals surface area contributed by atoms with Crippen LogP contribution in [0.25, 0.3) is 0 Å². The number of rotatable bonds is 8. The Morgan fingerprint density at radius 3 is 1.89 bits per heavy atom. The number of hydrogen-bond donors (Lipinski definition) is 2. The van der Waals surface area contributed by atoms with Gasteiger partial charge in [0.2, 0.25) is 6.29 Å². The van der Waals surface area contributed by atoms with Crippen LogP contribution in [0.4, 0.5) is 4.79 Å². The first-order valence-electron chi connectivity index (χ1n) is 10.9. The van der Waals surface area contributed by atoms with Gasteiger partial charge in [-0.3, -0.25) is 19.2 Å². The van der Waals surface area contributed by atoms with E-state index in [1.54, 1.807) is 11.6 Å². The van der Waals surface area contributed by atoms with Gasteiger partial charge in [0, 0.05) is 27.7 Å². The summed E-state index contributed by atoms with van der Waals surface area (Å²) in [6.45, 7) is 5.47. The Morgan fingerprint density at radius 2 is 1.38 bits per heavy atom.